The van der Waals surface area contributed by atoms with Crippen LogP contribution in [0, 0.1) is 0 Å². The van der Waals surface area contributed by atoms with E-state index in [0.717, 1.165) is 24.4 Å². The van der Waals surface area contributed by atoms with Crippen LogP contribution in [0.4, 0.5) is 5.69 Å². The summed E-state index contributed by atoms with van der Waals surface area (Å²) in [5.41, 5.74) is 2.26. The van der Waals surface area contributed by atoms with Gasteiger partial charge in [0.05, 0.1) is 12.5 Å². The minimum atomic E-state index is -1.15. The van der Waals surface area contributed by atoms with Gasteiger partial charge in [0.1, 0.15) is 5.84 Å². The fraction of sp³-hybridized carbons (Fsp3) is 0.273. The first-order valence-corrected chi connectivity index (χ1v) is 4.84. The number of carboxylic acid groups (broad SMARTS) is 1. The SMILES string of the molecule is O=C([O-])CN=C1CCc2ccccc2N1. The van der Waals surface area contributed by atoms with Gasteiger partial charge in [-0.05, 0) is 18.1 Å². The Morgan fingerprint density at radius 3 is 3.00 bits per heavy atom. The summed E-state index contributed by atoms with van der Waals surface area (Å²) < 4.78 is 0. The number of amidine groups is 1. The van der Waals surface area contributed by atoms with Crippen LogP contribution in [-0.4, -0.2) is 18.3 Å². The van der Waals surface area contributed by atoms with E-state index in [0.29, 0.717) is 0 Å². The number of nitrogens with zero attached hydrogens (tertiary/aromatic N) is 1. The topological polar surface area (TPSA) is 64.5 Å². The monoisotopic (exact) mass is 203 g/mol. The van der Waals surface area contributed by atoms with E-state index in [1.54, 1.807) is 0 Å². The molecule has 78 valence electrons. The van der Waals surface area contributed by atoms with E-state index < -0.39 is 5.97 Å². The molecule has 0 amide bonds. The van der Waals surface area contributed by atoms with Crippen LogP contribution in [-0.2, 0) is 11.2 Å². The summed E-state index contributed by atoms with van der Waals surface area (Å²) in [5.74, 6) is -0.430. The van der Waals surface area contributed by atoms with Crippen LogP contribution in [0.3, 0.4) is 0 Å². The molecule has 15 heavy (non-hydrogen) atoms. The number of nitrogens with one attached hydrogen (secondary N) is 1. The molecule has 1 N–H and O–H groups in total. The van der Waals surface area contributed by atoms with Gasteiger partial charge < -0.3 is 15.2 Å². The molecule has 4 nitrogen and oxygen atoms in total. The zero-order valence-electron chi connectivity index (χ0n) is 8.19. The van der Waals surface area contributed by atoms with Gasteiger partial charge in [0, 0.05) is 12.1 Å². The van der Waals surface area contributed by atoms with Crippen molar-refractivity contribution < 1.29 is 9.90 Å². The summed E-state index contributed by atoms with van der Waals surface area (Å²) in [6, 6.07) is 7.94. The molecule has 0 fully saturated rings. The highest BCUT2D eigenvalue weighted by atomic mass is 16.4. The first-order chi connectivity index (χ1) is 7.25. The molecule has 1 aromatic rings. The van der Waals surface area contributed by atoms with Gasteiger partial charge in [0.25, 0.3) is 0 Å². The Morgan fingerprint density at radius 2 is 2.20 bits per heavy atom. The molecule has 0 spiro atoms. The Balaban J connectivity index is 2.12. The zero-order valence-corrected chi connectivity index (χ0v) is 8.19. The normalized spacial score (nSPS) is 16.9. The maximum absolute atomic E-state index is 10.2. The molecule has 0 aliphatic carbocycles. The second-order valence-corrected chi connectivity index (χ2v) is 3.42. The first kappa shape index (κ1) is 9.71. The van der Waals surface area contributed by atoms with Gasteiger partial charge in [-0.3, -0.25) is 4.99 Å². The van der Waals surface area contributed by atoms with Crippen LogP contribution in [0.1, 0.15) is 12.0 Å². The number of aryl methyl sites for hydroxylation is 1. The van der Waals surface area contributed by atoms with Gasteiger partial charge in [-0.25, -0.2) is 0 Å². The molecule has 1 heterocycles. The van der Waals surface area contributed by atoms with E-state index in [2.05, 4.69) is 16.4 Å². The highest BCUT2D eigenvalue weighted by Gasteiger charge is 2.11. The van der Waals surface area contributed by atoms with Crippen LogP contribution in [0.15, 0.2) is 29.3 Å². The smallest absolute Gasteiger partial charge is 0.101 e. The second kappa shape index (κ2) is 4.13. The Hall–Kier alpha value is -1.84. The Labute approximate surface area is 87.7 Å². The Morgan fingerprint density at radius 1 is 1.40 bits per heavy atom. The van der Waals surface area contributed by atoms with Gasteiger partial charge in [-0.2, -0.15) is 0 Å². The zero-order chi connectivity index (χ0) is 10.7. The number of carbonyl (C=O) groups excluding carboxylic acids is 1. The van der Waals surface area contributed by atoms with E-state index in [9.17, 15) is 9.90 Å². The number of aliphatic imine (C=N–C) groups is 1. The van der Waals surface area contributed by atoms with Crippen molar-refractivity contribution in [1.29, 1.82) is 0 Å². The number of rotatable bonds is 2. The molecule has 0 unspecified atom stereocenters. The van der Waals surface area contributed by atoms with E-state index in [1.807, 2.05) is 18.2 Å². The summed E-state index contributed by atoms with van der Waals surface area (Å²) in [7, 11) is 0. The molecule has 1 aromatic carbocycles. The molecule has 0 saturated carbocycles. The van der Waals surface area contributed by atoms with Crippen LogP contribution >= 0.6 is 0 Å². The van der Waals surface area contributed by atoms with E-state index in [4.69, 9.17) is 0 Å². The molecule has 1 aliphatic heterocycles. The predicted molar refractivity (Wildman–Crippen MR) is 55.7 cm³/mol. The van der Waals surface area contributed by atoms with E-state index in [1.165, 1.54) is 5.56 Å². The lowest BCUT2D eigenvalue weighted by Gasteiger charge is -2.19. The molecule has 0 bridgehead atoms. The lowest BCUT2D eigenvalue weighted by atomic mass is 10.0. The lowest BCUT2D eigenvalue weighted by molar-refractivity contribution is -0.303. The van der Waals surface area contributed by atoms with Crippen LogP contribution in [0.2, 0.25) is 0 Å². The molecular weight excluding hydrogens is 192 g/mol. The van der Waals surface area contributed by atoms with Crippen LogP contribution < -0.4 is 10.4 Å². The molecule has 0 saturated heterocycles. The third-order valence-electron chi connectivity index (χ3n) is 2.33. The van der Waals surface area contributed by atoms with Gasteiger partial charge in [0.15, 0.2) is 0 Å². The average Bonchev–Trinajstić information content (AvgIpc) is 2.26. The number of para-hydroxylation sites is 1. The fourth-order valence-corrected chi connectivity index (χ4v) is 1.61. The third kappa shape index (κ3) is 2.34. The number of carboxylic acids is 1. The lowest BCUT2D eigenvalue weighted by Crippen LogP contribution is -2.27. The summed E-state index contributed by atoms with van der Waals surface area (Å²) in [6.07, 6.45) is 1.65. The molecular formula is C11H11N2O2-. The number of hydrogen-bond donors (Lipinski definition) is 1. The third-order valence-corrected chi connectivity index (χ3v) is 2.33. The predicted octanol–water partition coefficient (Wildman–Crippen LogP) is 0.193. The number of benzene rings is 1. The number of fused-ring (bicyclic) bond motifs is 1. The molecule has 2 rings (SSSR count). The average molecular weight is 203 g/mol. The standard InChI is InChI=1S/C11H12N2O2/c14-11(15)7-12-10-6-5-8-3-1-2-4-9(8)13-10/h1-4H,5-7H2,(H,12,13)(H,14,15)/p-1. The number of aliphatic carboxylic acids is 1. The molecule has 0 aromatic heterocycles. The van der Waals surface area contributed by atoms with Crippen molar-refractivity contribution in [3.8, 4) is 0 Å². The van der Waals surface area contributed by atoms with Crippen molar-refractivity contribution in [3.05, 3.63) is 29.8 Å². The van der Waals surface area contributed by atoms with Crippen molar-refractivity contribution in [2.45, 2.75) is 12.8 Å². The largest absolute Gasteiger partial charge is 0.548 e. The van der Waals surface area contributed by atoms with Gasteiger partial charge in [-0.1, -0.05) is 18.2 Å². The minimum absolute atomic E-state index is 0.273. The highest BCUT2D eigenvalue weighted by molar-refractivity contribution is 5.98. The Bertz CT molecular complexity index is 413. The minimum Gasteiger partial charge on any atom is -0.548 e. The van der Waals surface area contributed by atoms with Crippen molar-refractivity contribution in [2.24, 2.45) is 4.99 Å². The first-order valence-electron chi connectivity index (χ1n) is 4.84. The van der Waals surface area contributed by atoms with Crippen molar-refractivity contribution >= 4 is 17.5 Å². The summed E-state index contributed by atoms with van der Waals surface area (Å²) >= 11 is 0. The van der Waals surface area contributed by atoms with Gasteiger partial charge >= 0.3 is 0 Å². The fourth-order valence-electron chi connectivity index (χ4n) is 1.61. The van der Waals surface area contributed by atoms with Crippen LogP contribution in [0.25, 0.3) is 0 Å². The summed E-state index contributed by atoms with van der Waals surface area (Å²) in [5, 5.41) is 13.4. The number of hydrogen-bond acceptors (Lipinski definition) is 3. The molecule has 0 radical (unpaired) electrons. The van der Waals surface area contributed by atoms with Crippen LogP contribution in [0.5, 0.6) is 0 Å². The highest BCUT2D eigenvalue weighted by Crippen LogP contribution is 2.21. The maximum Gasteiger partial charge on any atom is 0.101 e. The van der Waals surface area contributed by atoms with Crippen molar-refractivity contribution in [3.63, 3.8) is 0 Å². The Kier molecular flexibility index (Phi) is 2.67. The molecule has 4 heteroatoms. The number of anilines is 1. The van der Waals surface area contributed by atoms with Gasteiger partial charge in [-0.15, -0.1) is 0 Å². The van der Waals surface area contributed by atoms with Gasteiger partial charge in [0.2, 0.25) is 0 Å². The molecule has 1 aliphatic rings. The second-order valence-electron chi connectivity index (χ2n) is 3.42. The molecule has 0 atom stereocenters. The van der Waals surface area contributed by atoms with Crippen molar-refractivity contribution in [2.75, 3.05) is 11.9 Å². The summed E-state index contributed by atoms with van der Waals surface area (Å²) in [4.78, 5) is 14.2. The van der Waals surface area contributed by atoms with E-state index >= 15 is 0 Å². The quantitative estimate of drug-likeness (QED) is 0.746. The van der Waals surface area contributed by atoms with Crippen molar-refractivity contribution in [1.82, 2.24) is 0 Å². The summed E-state index contributed by atoms with van der Waals surface area (Å²) in [6.45, 7) is -0.273. The van der Waals surface area contributed by atoms with E-state index in [-0.39, 0.29) is 6.54 Å². The number of carbonyl (C=O) groups is 1. The maximum atomic E-state index is 10.2.